The van der Waals surface area contributed by atoms with E-state index in [0.29, 0.717) is 11.3 Å². The molecule has 2 aromatic rings. The van der Waals surface area contributed by atoms with Gasteiger partial charge in [-0.15, -0.1) is 0 Å². The van der Waals surface area contributed by atoms with Crippen molar-refractivity contribution in [3.05, 3.63) is 57.8 Å². The molecule has 19 heavy (non-hydrogen) atoms. The third-order valence-electron chi connectivity index (χ3n) is 2.82. The van der Waals surface area contributed by atoms with E-state index in [1.165, 1.54) is 12.1 Å². The lowest BCUT2D eigenvalue weighted by atomic mass is 10.1. The van der Waals surface area contributed by atoms with Gasteiger partial charge in [0.05, 0.1) is 0 Å². The predicted octanol–water partition coefficient (Wildman–Crippen LogP) is 4.71. The van der Waals surface area contributed by atoms with Crippen LogP contribution in [0.2, 0.25) is 0 Å². The van der Waals surface area contributed by atoms with E-state index in [1.54, 1.807) is 13.0 Å². The van der Waals surface area contributed by atoms with Crippen LogP contribution in [0.1, 0.15) is 24.1 Å². The molecule has 0 amide bonds. The molecule has 0 bridgehead atoms. The summed E-state index contributed by atoms with van der Waals surface area (Å²) in [5.41, 5.74) is 7.49. The summed E-state index contributed by atoms with van der Waals surface area (Å²) in [5.74, 6) is 1.01. The highest BCUT2D eigenvalue weighted by atomic mass is 79.9. The third kappa shape index (κ3) is 3.33. The van der Waals surface area contributed by atoms with Crippen molar-refractivity contribution in [1.29, 1.82) is 0 Å². The summed E-state index contributed by atoms with van der Waals surface area (Å²) in [6.07, 6.45) is 0. The number of aryl methyl sites for hydroxylation is 1. The maximum absolute atomic E-state index is 13.3. The fourth-order valence-corrected chi connectivity index (χ4v) is 2.29. The molecule has 0 aromatic heterocycles. The fourth-order valence-electron chi connectivity index (χ4n) is 1.81. The van der Waals surface area contributed by atoms with Gasteiger partial charge in [0.25, 0.3) is 0 Å². The van der Waals surface area contributed by atoms with E-state index < -0.39 is 0 Å². The molecule has 2 aromatic carbocycles. The molecule has 4 heteroatoms. The Morgan fingerprint density at radius 2 is 1.84 bits per heavy atom. The topological polar surface area (TPSA) is 35.2 Å². The summed E-state index contributed by atoms with van der Waals surface area (Å²) < 4.78 is 20.1. The summed E-state index contributed by atoms with van der Waals surface area (Å²) in [5, 5.41) is 0. The van der Waals surface area contributed by atoms with Crippen LogP contribution in [0.15, 0.2) is 40.9 Å². The molecule has 0 aliphatic heterocycles. The van der Waals surface area contributed by atoms with Crippen molar-refractivity contribution in [1.82, 2.24) is 0 Å². The van der Waals surface area contributed by atoms with E-state index in [0.717, 1.165) is 15.8 Å². The van der Waals surface area contributed by atoms with Gasteiger partial charge in [-0.2, -0.15) is 0 Å². The molecule has 1 unspecified atom stereocenters. The summed E-state index contributed by atoms with van der Waals surface area (Å²) in [4.78, 5) is 0. The van der Waals surface area contributed by atoms with Crippen molar-refractivity contribution in [2.75, 3.05) is 0 Å². The minimum Gasteiger partial charge on any atom is -0.457 e. The van der Waals surface area contributed by atoms with Crippen LogP contribution >= 0.6 is 15.9 Å². The van der Waals surface area contributed by atoms with Crippen molar-refractivity contribution in [3.8, 4) is 11.5 Å². The standard InChI is InChI=1S/C15H15BrFNO/c1-9-7-11(16)3-5-14(9)19-15-6-4-12(17)8-13(15)10(2)18/h3-8,10H,18H2,1-2H3. The van der Waals surface area contributed by atoms with Crippen molar-refractivity contribution in [2.24, 2.45) is 5.73 Å². The van der Waals surface area contributed by atoms with Gasteiger partial charge in [0.1, 0.15) is 17.3 Å². The number of halogens is 2. The maximum atomic E-state index is 13.3. The summed E-state index contributed by atoms with van der Waals surface area (Å²) >= 11 is 3.40. The van der Waals surface area contributed by atoms with Crippen molar-refractivity contribution in [3.63, 3.8) is 0 Å². The van der Waals surface area contributed by atoms with E-state index in [4.69, 9.17) is 10.5 Å². The zero-order valence-electron chi connectivity index (χ0n) is 10.8. The van der Waals surface area contributed by atoms with Gasteiger partial charge in [-0.1, -0.05) is 15.9 Å². The molecule has 0 spiro atoms. The molecule has 2 N–H and O–H groups in total. The van der Waals surface area contributed by atoms with Crippen molar-refractivity contribution in [2.45, 2.75) is 19.9 Å². The number of rotatable bonds is 3. The first-order valence-electron chi connectivity index (χ1n) is 5.96. The Kier molecular flexibility index (Phi) is 4.22. The molecule has 0 saturated carbocycles. The number of ether oxygens (including phenoxy) is 1. The predicted molar refractivity (Wildman–Crippen MR) is 78.0 cm³/mol. The molecule has 0 aliphatic carbocycles. The van der Waals surface area contributed by atoms with Crippen LogP contribution in [0.4, 0.5) is 4.39 Å². The van der Waals surface area contributed by atoms with E-state index in [1.807, 2.05) is 25.1 Å². The van der Waals surface area contributed by atoms with Crippen LogP contribution in [-0.2, 0) is 0 Å². The van der Waals surface area contributed by atoms with Gasteiger partial charge in [-0.3, -0.25) is 0 Å². The SMILES string of the molecule is Cc1cc(Br)ccc1Oc1ccc(F)cc1C(C)N. The van der Waals surface area contributed by atoms with Gasteiger partial charge in [-0.05, 0) is 55.8 Å². The highest BCUT2D eigenvalue weighted by molar-refractivity contribution is 9.10. The normalized spacial score (nSPS) is 12.3. The van der Waals surface area contributed by atoms with Crippen LogP contribution in [0.3, 0.4) is 0 Å². The Morgan fingerprint density at radius 1 is 1.16 bits per heavy atom. The van der Waals surface area contributed by atoms with Gasteiger partial charge in [-0.25, -0.2) is 4.39 Å². The van der Waals surface area contributed by atoms with Gasteiger partial charge in [0.15, 0.2) is 0 Å². The minimum atomic E-state index is -0.313. The number of benzene rings is 2. The third-order valence-corrected chi connectivity index (χ3v) is 3.31. The Hall–Kier alpha value is -1.39. The van der Waals surface area contributed by atoms with Crippen molar-refractivity contribution >= 4 is 15.9 Å². The molecular weight excluding hydrogens is 309 g/mol. The van der Waals surface area contributed by atoms with Crippen LogP contribution in [-0.4, -0.2) is 0 Å². The Balaban J connectivity index is 2.38. The second-order valence-corrected chi connectivity index (χ2v) is 5.40. The molecular formula is C15H15BrFNO. The highest BCUT2D eigenvalue weighted by Crippen LogP contribution is 2.32. The molecule has 1 atom stereocenters. The number of nitrogens with two attached hydrogens (primary N) is 1. The first kappa shape index (κ1) is 14.0. The molecule has 2 rings (SSSR count). The van der Waals surface area contributed by atoms with Gasteiger partial charge >= 0.3 is 0 Å². The lowest BCUT2D eigenvalue weighted by molar-refractivity contribution is 0.465. The van der Waals surface area contributed by atoms with E-state index in [2.05, 4.69) is 15.9 Å². The zero-order valence-corrected chi connectivity index (χ0v) is 12.4. The molecule has 2 nitrogen and oxygen atoms in total. The summed E-state index contributed by atoms with van der Waals surface area (Å²) in [7, 11) is 0. The average molecular weight is 324 g/mol. The lowest BCUT2D eigenvalue weighted by Gasteiger charge is -2.15. The molecule has 0 aliphatic rings. The molecule has 0 saturated heterocycles. The monoisotopic (exact) mass is 323 g/mol. The zero-order chi connectivity index (χ0) is 14.0. The highest BCUT2D eigenvalue weighted by Gasteiger charge is 2.11. The van der Waals surface area contributed by atoms with E-state index in [-0.39, 0.29) is 11.9 Å². The number of hydrogen-bond donors (Lipinski definition) is 1. The minimum absolute atomic E-state index is 0.290. The van der Waals surface area contributed by atoms with E-state index in [9.17, 15) is 4.39 Å². The quantitative estimate of drug-likeness (QED) is 0.887. The average Bonchev–Trinajstić information content (AvgIpc) is 2.34. The van der Waals surface area contributed by atoms with Gasteiger partial charge in [0.2, 0.25) is 0 Å². The first-order valence-corrected chi connectivity index (χ1v) is 6.75. The van der Waals surface area contributed by atoms with Crippen LogP contribution in [0, 0.1) is 12.7 Å². The lowest BCUT2D eigenvalue weighted by Crippen LogP contribution is -2.07. The van der Waals surface area contributed by atoms with Gasteiger partial charge in [0, 0.05) is 16.1 Å². The second kappa shape index (κ2) is 5.72. The van der Waals surface area contributed by atoms with E-state index >= 15 is 0 Å². The molecule has 100 valence electrons. The smallest absolute Gasteiger partial charge is 0.132 e. The number of hydrogen-bond acceptors (Lipinski definition) is 2. The first-order chi connectivity index (χ1) is 8.97. The Bertz CT molecular complexity index is 599. The Labute approximate surface area is 120 Å². The van der Waals surface area contributed by atoms with Gasteiger partial charge < -0.3 is 10.5 Å². The van der Waals surface area contributed by atoms with Crippen molar-refractivity contribution < 1.29 is 9.13 Å². The maximum Gasteiger partial charge on any atom is 0.132 e. The van der Waals surface area contributed by atoms with Crippen LogP contribution in [0.5, 0.6) is 11.5 Å². The molecule has 0 fully saturated rings. The summed E-state index contributed by atoms with van der Waals surface area (Å²) in [6.45, 7) is 3.76. The fraction of sp³-hybridized carbons (Fsp3) is 0.200. The summed E-state index contributed by atoms with van der Waals surface area (Å²) in [6, 6.07) is 9.83. The molecule has 0 heterocycles. The second-order valence-electron chi connectivity index (χ2n) is 4.48. The van der Waals surface area contributed by atoms with Crippen LogP contribution in [0.25, 0.3) is 0 Å². The van der Waals surface area contributed by atoms with Crippen LogP contribution < -0.4 is 10.5 Å². The largest absolute Gasteiger partial charge is 0.457 e. The Morgan fingerprint density at radius 3 is 2.47 bits per heavy atom. The molecule has 0 radical (unpaired) electrons.